The van der Waals surface area contributed by atoms with Crippen molar-refractivity contribution in [3.63, 3.8) is 0 Å². The second-order valence-electron chi connectivity index (χ2n) is 19.2. The maximum Gasteiger partial charge on any atom is 0.0000575 e. The van der Waals surface area contributed by atoms with Crippen LogP contribution in [-0.4, -0.2) is 23.1 Å². The van der Waals surface area contributed by atoms with E-state index in [-0.39, 0.29) is 229 Å². The van der Waals surface area contributed by atoms with Crippen LogP contribution in [0, 0.1) is 126 Å². The summed E-state index contributed by atoms with van der Waals surface area (Å²) in [7, 11) is 0. The van der Waals surface area contributed by atoms with Crippen LogP contribution in [0.25, 0.3) is 0 Å². The summed E-state index contributed by atoms with van der Waals surface area (Å²) in [4.78, 5) is 45.3. The molecule has 0 N–H and O–H groups in total. The summed E-state index contributed by atoms with van der Waals surface area (Å²) in [5, 5.41) is 0. The van der Waals surface area contributed by atoms with Gasteiger partial charge in [-0.15, -0.1) is 0 Å². The zero-order valence-corrected chi connectivity index (χ0v) is 51.2. The third-order valence-electron chi connectivity index (χ3n) is 13.0. The van der Waals surface area contributed by atoms with E-state index in [9.17, 15) is 19.2 Å². The third-order valence-corrected chi connectivity index (χ3v) is 13.0. The zero-order chi connectivity index (χ0) is 37.4. The van der Waals surface area contributed by atoms with Gasteiger partial charge in [0.05, 0.1) is 0 Å². The molecule has 56 heavy (non-hydrogen) atoms. The Balaban J connectivity index is -0.0000000873. The third kappa shape index (κ3) is 23.3. The normalized spacial score (nSPS) is 29.6. The number of ketones is 4. The maximum absolute atomic E-state index is 11.3. The van der Waals surface area contributed by atoms with E-state index < -0.39 is 0 Å². The monoisotopic (exact) mass is 1080 g/mol. The van der Waals surface area contributed by atoms with Gasteiger partial charge in [0.15, 0.2) is 0 Å². The smallest absolute Gasteiger partial charge is 0.0000575 e. The van der Waals surface area contributed by atoms with E-state index in [4.69, 9.17) is 0 Å². The first-order chi connectivity index (χ1) is 21.8. The fourth-order valence-corrected chi connectivity index (χ4v) is 10.9. The Morgan fingerprint density at radius 3 is 0.554 bits per heavy atom. The van der Waals surface area contributed by atoms with Gasteiger partial charge in [0.1, 0.15) is 0 Å². The second-order valence-corrected chi connectivity index (χ2v) is 19.2. The van der Waals surface area contributed by atoms with Gasteiger partial charge in [0, 0.05) is 154 Å². The molecule has 8 heteroatoms. The van der Waals surface area contributed by atoms with E-state index >= 15 is 0 Å². The van der Waals surface area contributed by atoms with Gasteiger partial charge in [-0.2, -0.15) is 0 Å². The van der Waals surface area contributed by atoms with Crippen LogP contribution in [-0.2, 0) is 150 Å². The molecule has 4 rings (SSSR count). The number of carbonyl (C=O) groups excluding carboxylic acids is 4. The summed E-state index contributed by atoms with van der Waals surface area (Å²) >= 11 is 0. The van der Waals surface area contributed by atoms with Crippen LogP contribution in [0.15, 0.2) is 0 Å². The molecule has 0 aromatic carbocycles. The van der Waals surface area contributed by atoms with Crippen LogP contribution < -0.4 is 0 Å². The van der Waals surface area contributed by atoms with Crippen molar-refractivity contribution in [1.82, 2.24) is 0 Å². The Bertz CT molecular complexity index is 915. The van der Waals surface area contributed by atoms with E-state index in [2.05, 4.69) is 111 Å². The summed E-state index contributed by atoms with van der Waals surface area (Å²) < 4.78 is 0. The number of Topliss-reactive ketones (excluding diaryl/α,β-unsaturated/α-hetero) is 4. The van der Waals surface area contributed by atoms with E-state index in [1.807, 2.05) is 0 Å². The standard InChI is InChI=1S/4C11H19O.4CH3.4Y/c4*1-8-6-5-7-11(3,4)10(8)9(2)12;;;;;;;;/h4*8,10H,2,5-7H2,1,3-4H3;4*1H3;;;;/q8*-1;;;;/t8?,10-;8-,10?;8-,10+;;;;;;;;;/m100........./s1. The minimum absolute atomic E-state index is 0. The van der Waals surface area contributed by atoms with Crippen molar-refractivity contribution in [1.29, 1.82) is 0 Å². The van der Waals surface area contributed by atoms with Crippen molar-refractivity contribution in [3.8, 4) is 0 Å². The average molecular weight is 1080 g/mol. The summed E-state index contributed by atoms with van der Waals surface area (Å²) in [5.74, 6) is 3.38. The molecule has 4 unspecified atom stereocenters. The van der Waals surface area contributed by atoms with Crippen molar-refractivity contribution in [2.45, 2.75) is 160 Å². The predicted octanol–water partition coefficient (Wildman–Crippen LogP) is 13.2. The van der Waals surface area contributed by atoms with Crippen LogP contribution in [0.5, 0.6) is 0 Å². The van der Waals surface area contributed by atoms with Crippen LogP contribution in [0.3, 0.4) is 0 Å². The molecule has 4 aliphatic rings. The Kier molecular flexibility index (Phi) is 44.9. The molecule has 0 bridgehead atoms. The van der Waals surface area contributed by atoms with E-state index in [0.717, 1.165) is 0 Å². The first-order valence-corrected chi connectivity index (χ1v) is 19.2. The van der Waals surface area contributed by atoms with Crippen LogP contribution in [0.4, 0.5) is 0 Å². The summed E-state index contributed by atoms with van der Waals surface area (Å²) in [6.07, 6.45) is 14.5. The fraction of sp³-hybridized carbons (Fsp3) is 0.750. The SMILES string of the molecule is [CH2-]C(=O)C1C(C)CCCC1(C)C.[CH2-]C(=O)C1[C@@H](C)CCCC1(C)C.[CH2-]C(=O)[C@H]1C(C)CCCC1(C)C.[CH2-]C(=O)[C@H]1[C@@H](C)CCCC1(C)C.[CH3-].[CH3-].[CH3-].[CH3-].[Y].[Y].[Y].[Y]. The number of rotatable bonds is 4. The van der Waals surface area contributed by atoms with Crippen molar-refractivity contribution in [3.05, 3.63) is 57.4 Å². The molecule has 4 radical (unpaired) electrons. The van der Waals surface area contributed by atoms with E-state index in [0.29, 0.717) is 23.7 Å². The molecule has 0 saturated heterocycles. The van der Waals surface area contributed by atoms with Gasteiger partial charge >= 0.3 is 0 Å². The van der Waals surface area contributed by atoms with Gasteiger partial charge in [-0.1, -0.05) is 134 Å². The molecule has 4 nitrogen and oxygen atoms in total. The molecular formula is C48H88O4Y4-8. The first-order valence-electron chi connectivity index (χ1n) is 19.2. The second kappa shape index (κ2) is 33.1. The van der Waals surface area contributed by atoms with Crippen molar-refractivity contribution in [2.75, 3.05) is 0 Å². The molecule has 4 saturated carbocycles. The van der Waals surface area contributed by atoms with Crippen molar-refractivity contribution >= 4 is 23.1 Å². The van der Waals surface area contributed by atoms with Gasteiger partial charge in [-0.05, 0) is 94.7 Å². The van der Waals surface area contributed by atoms with Gasteiger partial charge < -0.3 is 76.6 Å². The van der Waals surface area contributed by atoms with Crippen LogP contribution in [0.2, 0.25) is 0 Å². The molecule has 0 aromatic heterocycles. The molecule has 4 aliphatic carbocycles. The van der Waals surface area contributed by atoms with Gasteiger partial charge in [0.2, 0.25) is 0 Å². The largest absolute Gasteiger partial charge is 0.358 e. The Morgan fingerprint density at radius 2 is 0.482 bits per heavy atom. The molecule has 324 valence electrons. The van der Waals surface area contributed by atoms with Crippen LogP contribution in [0.1, 0.15) is 160 Å². The minimum Gasteiger partial charge on any atom is -0.358 e. The Hall–Kier alpha value is 2.58. The molecule has 8 atom stereocenters. The minimum atomic E-state index is 0. The molecule has 0 amide bonds. The number of hydrogen-bond acceptors (Lipinski definition) is 4. The topological polar surface area (TPSA) is 68.3 Å². The van der Waals surface area contributed by atoms with Crippen molar-refractivity contribution in [2.24, 2.45) is 69.0 Å². The van der Waals surface area contributed by atoms with Crippen molar-refractivity contribution < 1.29 is 150 Å². The van der Waals surface area contributed by atoms with Gasteiger partial charge in [-0.25, -0.2) is 0 Å². The fourth-order valence-electron chi connectivity index (χ4n) is 10.9. The van der Waals surface area contributed by atoms with Gasteiger partial charge in [-0.3, -0.25) is 0 Å². The molecule has 4 fully saturated rings. The summed E-state index contributed by atoms with van der Waals surface area (Å²) in [5.41, 5.74) is 0.708. The molecule has 0 heterocycles. The molecule has 0 aliphatic heterocycles. The average Bonchev–Trinajstić information content (AvgIpc) is 2.86. The Labute approximate surface area is 453 Å². The molecule has 0 spiro atoms. The van der Waals surface area contributed by atoms with E-state index in [1.54, 1.807) is 0 Å². The van der Waals surface area contributed by atoms with Gasteiger partial charge in [0.25, 0.3) is 0 Å². The Morgan fingerprint density at radius 1 is 0.357 bits per heavy atom. The number of carbonyl (C=O) groups is 4. The molecule has 0 aromatic rings. The summed E-state index contributed by atoms with van der Waals surface area (Å²) in [6, 6.07) is 0. The number of hydrogen-bond donors (Lipinski definition) is 0. The van der Waals surface area contributed by atoms with Crippen LogP contribution >= 0.6 is 0 Å². The quantitative estimate of drug-likeness (QED) is 0.263. The first kappa shape index (κ1) is 75.9. The zero-order valence-electron chi connectivity index (χ0n) is 39.9. The summed E-state index contributed by atoms with van der Waals surface area (Å²) in [6.45, 7) is 40.5. The van der Waals surface area contributed by atoms with E-state index in [1.165, 1.54) is 77.0 Å². The predicted molar refractivity (Wildman–Crippen MR) is 228 cm³/mol. The molecular weight excluding hydrogens is 996 g/mol. The maximum atomic E-state index is 11.3.